The van der Waals surface area contributed by atoms with Gasteiger partial charge >= 0.3 is 0 Å². The highest BCUT2D eigenvalue weighted by Gasteiger charge is 2.16. The number of para-hydroxylation sites is 1. The van der Waals surface area contributed by atoms with Gasteiger partial charge in [-0.05, 0) is 30.3 Å². The predicted octanol–water partition coefficient (Wildman–Crippen LogP) is 3.44. The second-order valence-corrected chi connectivity index (χ2v) is 7.34. The number of fused-ring (bicyclic) bond motifs is 2. The van der Waals surface area contributed by atoms with E-state index < -0.39 is 32.0 Å². The zero-order valence-corrected chi connectivity index (χ0v) is 14.9. The highest BCUT2D eigenvalue weighted by atomic mass is 32.2. The van der Waals surface area contributed by atoms with Crippen molar-refractivity contribution in [3.05, 3.63) is 65.1 Å². The van der Waals surface area contributed by atoms with Gasteiger partial charge in [-0.2, -0.15) is 8.42 Å². The topological polar surface area (TPSA) is 145 Å². The molecule has 10 heteroatoms. The first-order valence-corrected chi connectivity index (χ1v) is 9.40. The summed E-state index contributed by atoms with van der Waals surface area (Å²) in [5.74, 6) is -0.554. The van der Waals surface area contributed by atoms with Gasteiger partial charge in [-0.3, -0.25) is 14.3 Å². The van der Waals surface area contributed by atoms with Crippen LogP contribution >= 0.6 is 0 Å². The summed E-state index contributed by atoms with van der Waals surface area (Å²) in [5.41, 5.74) is 0.214. The van der Waals surface area contributed by atoms with Crippen molar-refractivity contribution in [3.63, 3.8) is 0 Å². The molecule has 0 saturated carbocycles. The number of rotatable bonds is 3. The lowest BCUT2D eigenvalue weighted by Crippen LogP contribution is -2.06. The number of nitrogens with one attached hydrogen (secondary N) is 1. The average Bonchev–Trinajstić information content (AvgIpc) is 2.66. The van der Waals surface area contributed by atoms with Crippen molar-refractivity contribution in [2.24, 2.45) is 10.2 Å². The first-order chi connectivity index (χ1) is 13.3. The minimum Gasteiger partial charge on any atom is -0.505 e. The summed E-state index contributed by atoms with van der Waals surface area (Å²) < 4.78 is 31.8. The third-order valence-corrected chi connectivity index (χ3v) is 4.92. The molecule has 0 radical (unpaired) electrons. The van der Waals surface area contributed by atoms with Gasteiger partial charge in [-0.1, -0.05) is 18.2 Å². The molecule has 9 nitrogen and oxygen atoms in total. The number of azo groups is 1. The lowest BCUT2D eigenvalue weighted by atomic mass is 10.2. The third kappa shape index (κ3) is 3.21. The van der Waals surface area contributed by atoms with Crippen molar-refractivity contribution in [1.82, 2.24) is 9.97 Å². The monoisotopic (exact) mass is 396 g/mol. The molecule has 0 aliphatic rings. The van der Waals surface area contributed by atoms with E-state index in [0.29, 0.717) is 5.69 Å². The van der Waals surface area contributed by atoms with Gasteiger partial charge in [0, 0.05) is 10.8 Å². The van der Waals surface area contributed by atoms with E-state index in [9.17, 15) is 22.9 Å². The summed E-state index contributed by atoms with van der Waals surface area (Å²) >= 11 is 0. The molecular formula is C18H12N4O5S. The predicted molar refractivity (Wildman–Crippen MR) is 102 cm³/mol. The van der Waals surface area contributed by atoms with E-state index in [0.717, 1.165) is 23.0 Å². The Balaban J connectivity index is 1.82. The van der Waals surface area contributed by atoms with Gasteiger partial charge < -0.3 is 10.1 Å². The summed E-state index contributed by atoms with van der Waals surface area (Å²) in [6.45, 7) is 0. The third-order valence-electron chi connectivity index (χ3n) is 4.07. The van der Waals surface area contributed by atoms with Crippen molar-refractivity contribution in [2.75, 3.05) is 0 Å². The standard InChI is InChI=1S/C18H12N4O5S/c23-17-13-8-12(28(25,26)27)5-6-15(13)20-18(24)16(17)22-21-11-7-10-3-1-2-4-14(10)19-9-11/h1-9H,(H2,20,23,24)(H,25,26,27)/b22-21+. The van der Waals surface area contributed by atoms with Crippen molar-refractivity contribution in [1.29, 1.82) is 0 Å². The fraction of sp³-hybridized carbons (Fsp3) is 0. The number of aromatic hydroxyl groups is 1. The number of H-pyrrole nitrogens is 1. The normalized spacial score (nSPS) is 12.2. The number of pyridine rings is 2. The van der Waals surface area contributed by atoms with Crippen LogP contribution in [-0.4, -0.2) is 28.0 Å². The Morgan fingerprint density at radius 2 is 1.82 bits per heavy atom. The lowest BCUT2D eigenvalue weighted by molar-refractivity contribution is 0.480. The van der Waals surface area contributed by atoms with Crippen LogP contribution in [0.5, 0.6) is 5.75 Å². The van der Waals surface area contributed by atoms with E-state index >= 15 is 0 Å². The molecule has 28 heavy (non-hydrogen) atoms. The molecule has 0 aliphatic carbocycles. The molecule has 4 rings (SSSR count). The van der Waals surface area contributed by atoms with E-state index in [4.69, 9.17) is 0 Å². The summed E-state index contributed by atoms with van der Waals surface area (Å²) in [4.78, 5) is 18.5. The highest BCUT2D eigenvalue weighted by Crippen LogP contribution is 2.32. The van der Waals surface area contributed by atoms with Crippen LogP contribution in [0.15, 0.2) is 74.6 Å². The molecule has 3 N–H and O–H groups in total. The van der Waals surface area contributed by atoms with Crippen LogP contribution in [0.1, 0.15) is 0 Å². The second kappa shape index (κ2) is 6.51. The summed E-state index contributed by atoms with van der Waals surface area (Å²) in [5, 5.41) is 19.0. The van der Waals surface area contributed by atoms with Crippen LogP contribution in [0.3, 0.4) is 0 Å². The first kappa shape index (κ1) is 17.8. The maximum absolute atomic E-state index is 12.2. The number of nitrogens with zero attached hydrogens (tertiary/aromatic N) is 3. The molecule has 2 aromatic carbocycles. The Labute approximate surface area is 157 Å². The zero-order chi connectivity index (χ0) is 19.9. The van der Waals surface area contributed by atoms with Crippen LogP contribution < -0.4 is 5.56 Å². The maximum atomic E-state index is 12.2. The van der Waals surface area contributed by atoms with Gasteiger partial charge in [0.05, 0.1) is 22.1 Å². The Morgan fingerprint density at radius 1 is 1.04 bits per heavy atom. The Morgan fingerprint density at radius 3 is 2.61 bits per heavy atom. The Kier molecular flexibility index (Phi) is 4.13. The van der Waals surface area contributed by atoms with Crippen LogP contribution in [0.4, 0.5) is 11.4 Å². The zero-order valence-electron chi connectivity index (χ0n) is 14.1. The average molecular weight is 396 g/mol. The van der Waals surface area contributed by atoms with Crippen molar-refractivity contribution in [3.8, 4) is 5.75 Å². The van der Waals surface area contributed by atoms with Crippen molar-refractivity contribution >= 4 is 43.3 Å². The quantitative estimate of drug-likeness (QED) is 0.357. The molecule has 2 aromatic heterocycles. The molecule has 0 bridgehead atoms. The van der Waals surface area contributed by atoms with E-state index in [-0.39, 0.29) is 10.9 Å². The lowest BCUT2D eigenvalue weighted by Gasteiger charge is -2.05. The molecule has 2 heterocycles. The fourth-order valence-electron chi connectivity index (χ4n) is 2.72. The van der Waals surface area contributed by atoms with Crippen LogP contribution in [0, 0.1) is 0 Å². The van der Waals surface area contributed by atoms with E-state index in [1.807, 2.05) is 24.3 Å². The molecule has 0 spiro atoms. The van der Waals surface area contributed by atoms with Crippen LogP contribution in [0.25, 0.3) is 21.8 Å². The van der Waals surface area contributed by atoms with Crippen LogP contribution in [-0.2, 0) is 10.1 Å². The van der Waals surface area contributed by atoms with E-state index in [2.05, 4.69) is 20.2 Å². The van der Waals surface area contributed by atoms with Gasteiger partial charge in [-0.15, -0.1) is 10.2 Å². The smallest absolute Gasteiger partial charge is 0.294 e. The van der Waals surface area contributed by atoms with Gasteiger partial charge in [0.2, 0.25) is 0 Å². The molecule has 140 valence electrons. The van der Waals surface area contributed by atoms with Crippen LogP contribution in [0.2, 0.25) is 0 Å². The molecule has 4 aromatic rings. The second-order valence-electron chi connectivity index (χ2n) is 5.92. The number of aromatic amines is 1. The number of hydrogen-bond acceptors (Lipinski definition) is 7. The summed E-state index contributed by atoms with van der Waals surface area (Å²) in [7, 11) is -4.48. The molecule has 0 fully saturated rings. The highest BCUT2D eigenvalue weighted by molar-refractivity contribution is 7.85. The number of hydrogen-bond donors (Lipinski definition) is 3. The number of aromatic nitrogens is 2. The van der Waals surface area contributed by atoms with Gasteiger partial charge in [0.25, 0.3) is 15.7 Å². The Hall–Kier alpha value is -3.63. The van der Waals surface area contributed by atoms with Gasteiger partial charge in [0.15, 0.2) is 11.4 Å². The summed E-state index contributed by atoms with van der Waals surface area (Å²) in [6, 6.07) is 12.5. The minimum absolute atomic E-state index is 0.000288. The van der Waals surface area contributed by atoms with Gasteiger partial charge in [0.1, 0.15) is 5.69 Å². The largest absolute Gasteiger partial charge is 0.505 e. The molecule has 0 amide bonds. The fourth-order valence-corrected chi connectivity index (χ4v) is 3.23. The van der Waals surface area contributed by atoms with E-state index in [1.54, 1.807) is 6.07 Å². The molecule has 0 unspecified atom stereocenters. The molecular weight excluding hydrogens is 384 g/mol. The molecule has 0 aliphatic heterocycles. The molecule has 0 atom stereocenters. The summed E-state index contributed by atoms with van der Waals surface area (Å²) in [6.07, 6.45) is 1.47. The Bertz CT molecular complexity index is 1430. The first-order valence-electron chi connectivity index (χ1n) is 7.96. The van der Waals surface area contributed by atoms with E-state index in [1.165, 1.54) is 12.3 Å². The maximum Gasteiger partial charge on any atom is 0.294 e. The van der Waals surface area contributed by atoms with Gasteiger partial charge in [-0.25, -0.2) is 0 Å². The molecule has 0 saturated heterocycles. The minimum atomic E-state index is -4.48. The number of benzene rings is 2. The SMILES string of the molecule is O=c1[nH]c2ccc(S(=O)(=O)O)cc2c(O)c1/N=N/c1cnc2ccccc2c1. The van der Waals surface area contributed by atoms with Crippen molar-refractivity contribution in [2.45, 2.75) is 4.90 Å². The van der Waals surface area contributed by atoms with Crippen molar-refractivity contribution < 1.29 is 18.1 Å².